The van der Waals surface area contributed by atoms with Gasteiger partial charge in [0.25, 0.3) is 0 Å². The number of hydrogen-bond acceptors (Lipinski definition) is 7. The number of hydrogen-bond donors (Lipinski definition) is 2. The van der Waals surface area contributed by atoms with Gasteiger partial charge in [-0.25, -0.2) is 4.98 Å². The molecule has 0 aliphatic carbocycles. The maximum absolute atomic E-state index is 13.9. The van der Waals surface area contributed by atoms with Gasteiger partial charge in [-0.1, -0.05) is 18.2 Å². The van der Waals surface area contributed by atoms with Crippen LogP contribution < -0.4 is 5.32 Å². The van der Waals surface area contributed by atoms with Crippen LogP contribution in [0, 0.1) is 0 Å². The monoisotopic (exact) mass is 527 g/mol. The molecule has 0 unspecified atom stereocenters. The minimum atomic E-state index is -4.60. The van der Waals surface area contributed by atoms with Crippen molar-refractivity contribution in [2.24, 2.45) is 7.05 Å². The van der Waals surface area contributed by atoms with Gasteiger partial charge in [0.05, 0.1) is 31.0 Å². The zero-order valence-corrected chi connectivity index (χ0v) is 21.0. The van der Waals surface area contributed by atoms with Gasteiger partial charge >= 0.3 is 6.18 Å². The highest BCUT2D eigenvalue weighted by Gasteiger charge is 2.42. The van der Waals surface area contributed by atoms with Crippen LogP contribution in [0.4, 0.5) is 13.2 Å². The highest BCUT2D eigenvalue weighted by molar-refractivity contribution is 5.94. The van der Waals surface area contributed by atoms with E-state index in [-0.39, 0.29) is 17.2 Å². The van der Waals surface area contributed by atoms with Gasteiger partial charge in [-0.2, -0.15) is 18.3 Å². The SMILES string of the molecule is C[C@@H](N[C@@H]1CCOC1)c1nc(C(F)(F)F)cc2c(-c3cccc(C4(Cc5nncn5C)COC4)c3)n[nH]c12. The van der Waals surface area contributed by atoms with Gasteiger partial charge in [-0.3, -0.25) is 5.10 Å². The van der Waals surface area contributed by atoms with Crippen molar-refractivity contribution in [1.29, 1.82) is 0 Å². The van der Waals surface area contributed by atoms with E-state index in [1.807, 2.05) is 42.8 Å². The Balaban J connectivity index is 1.41. The second-order valence-corrected chi connectivity index (χ2v) is 10.2. The molecule has 0 saturated carbocycles. The van der Waals surface area contributed by atoms with Crippen molar-refractivity contribution < 1.29 is 22.6 Å². The Labute approximate surface area is 216 Å². The summed E-state index contributed by atoms with van der Waals surface area (Å²) in [7, 11) is 1.90. The molecule has 0 amide bonds. The summed E-state index contributed by atoms with van der Waals surface area (Å²) in [6.45, 7) is 4.00. The lowest BCUT2D eigenvalue weighted by Gasteiger charge is -2.41. The zero-order valence-electron chi connectivity index (χ0n) is 21.0. The number of aryl methyl sites for hydroxylation is 1. The summed E-state index contributed by atoms with van der Waals surface area (Å²) < 4.78 is 54.7. The van der Waals surface area contributed by atoms with Crippen LogP contribution >= 0.6 is 0 Å². The number of aromatic nitrogens is 6. The van der Waals surface area contributed by atoms with Crippen molar-refractivity contribution in [1.82, 2.24) is 35.3 Å². The van der Waals surface area contributed by atoms with Crippen molar-refractivity contribution in [2.75, 3.05) is 26.4 Å². The first kappa shape index (κ1) is 25.0. The lowest BCUT2D eigenvalue weighted by atomic mass is 9.75. The van der Waals surface area contributed by atoms with Gasteiger partial charge in [0.2, 0.25) is 0 Å². The van der Waals surface area contributed by atoms with Gasteiger partial charge in [0.15, 0.2) is 0 Å². The summed E-state index contributed by atoms with van der Waals surface area (Å²) in [4.78, 5) is 4.02. The molecule has 2 fully saturated rings. The smallest absolute Gasteiger partial charge is 0.380 e. The number of benzene rings is 1. The van der Waals surface area contributed by atoms with E-state index in [1.165, 1.54) is 0 Å². The molecule has 5 heterocycles. The molecule has 1 aromatic carbocycles. The summed E-state index contributed by atoms with van der Waals surface area (Å²) in [6.07, 6.45) is -1.50. The van der Waals surface area contributed by atoms with Gasteiger partial charge < -0.3 is 19.4 Å². The van der Waals surface area contributed by atoms with Crippen molar-refractivity contribution >= 4 is 10.9 Å². The maximum Gasteiger partial charge on any atom is 0.433 e. The van der Waals surface area contributed by atoms with Gasteiger partial charge in [0, 0.05) is 48.5 Å². The molecule has 2 saturated heterocycles. The van der Waals surface area contributed by atoms with E-state index >= 15 is 0 Å². The first-order chi connectivity index (χ1) is 18.2. The molecular formula is C26H28F3N7O2. The number of rotatable bonds is 7. The molecule has 38 heavy (non-hydrogen) atoms. The van der Waals surface area contributed by atoms with Crippen LogP contribution in [0.1, 0.15) is 42.2 Å². The van der Waals surface area contributed by atoms with E-state index in [0.717, 1.165) is 23.9 Å². The minimum absolute atomic E-state index is 0.0604. The van der Waals surface area contributed by atoms with Crippen LogP contribution in [-0.2, 0) is 34.5 Å². The lowest BCUT2D eigenvalue weighted by Crippen LogP contribution is -2.49. The third-order valence-corrected chi connectivity index (χ3v) is 7.50. The molecule has 6 rings (SSSR count). The van der Waals surface area contributed by atoms with Crippen LogP contribution in [0.5, 0.6) is 0 Å². The van der Waals surface area contributed by atoms with Gasteiger partial charge in [-0.05, 0) is 31.0 Å². The molecule has 9 nitrogen and oxygen atoms in total. The van der Waals surface area contributed by atoms with Gasteiger partial charge in [0.1, 0.15) is 23.5 Å². The maximum atomic E-state index is 13.9. The number of nitrogens with one attached hydrogen (secondary N) is 2. The number of pyridine rings is 1. The van der Waals surface area contributed by atoms with E-state index in [4.69, 9.17) is 9.47 Å². The number of aromatic amines is 1. The molecule has 4 aromatic rings. The summed E-state index contributed by atoms with van der Waals surface area (Å²) in [6, 6.07) is 8.47. The van der Waals surface area contributed by atoms with Crippen LogP contribution in [0.3, 0.4) is 0 Å². The molecule has 200 valence electrons. The van der Waals surface area contributed by atoms with Crippen molar-refractivity contribution in [3.63, 3.8) is 0 Å². The predicted octanol–water partition coefficient (Wildman–Crippen LogP) is 3.72. The van der Waals surface area contributed by atoms with E-state index in [9.17, 15) is 13.2 Å². The second-order valence-electron chi connectivity index (χ2n) is 10.2. The Kier molecular flexibility index (Phi) is 6.20. The van der Waals surface area contributed by atoms with E-state index in [0.29, 0.717) is 55.0 Å². The standard InChI is InChI=1S/C26H28F3N7O2/c1-15(31-18-6-7-37-11-18)22-24-19(9-20(32-22)26(27,28)29)23(34-35-24)16-4-3-5-17(8-16)25(12-38-13-25)10-21-33-30-14-36(21)2/h3-5,8-9,14-15,18,31H,6-7,10-13H2,1-2H3,(H,34,35)/t15-,18-/m1/s1. The first-order valence-corrected chi connectivity index (χ1v) is 12.5. The molecule has 0 bridgehead atoms. The van der Waals surface area contributed by atoms with Gasteiger partial charge in [-0.15, -0.1) is 10.2 Å². The Morgan fingerprint density at radius 1 is 1.24 bits per heavy atom. The Bertz CT molecular complexity index is 1450. The van der Waals surface area contributed by atoms with E-state index in [1.54, 1.807) is 6.33 Å². The fourth-order valence-corrected chi connectivity index (χ4v) is 5.30. The Morgan fingerprint density at radius 3 is 2.74 bits per heavy atom. The molecule has 0 radical (unpaired) electrons. The third kappa shape index (κ3) is 4.46. The second kappa shape index (κ2) is 9.44. The number of fused-ring (bicyclic) bond motifs is 1. The number of halogens is 3. The predicted molar refractivity (Wildman–Crippen MR) is 132 cm³/mol. The number of alkyl halides is 3. The molecule has 2 aliphatic heterocycles. The molecule has 2 atom stereocenters. The average molecular weight is 528 g/mol. The normalized spacial score (nSPS) is 20.1. The molecule has 12 heteroatoms. The summed E-state index contributed by atoms with van der Waals surface area (Å²) in [5, 5.41) is 19.4. The van der Waals surface area contributed by atoms with Crippen LogP contribution in [0.25, 0.3) is 22.2 Å². The number of H-pyrrole nitrogens is 1. The van der Waals surface area contributed by atoms with Crippen molar-refractivity contribution in [2.45, 2.75) is 43.4 Å². The molecule has 2 aliphatic rings. The van der Waals surface area contributed by atoms with Crippen LogP contribution in [0.15, 0.2) is 36.7 Å². The van der Waals surface area contributed by atoms with Crippen LogP contribution in [0.2, 0.25) is 0 Å². The summed E-state index contributed by atoms with van der Waals surface area (Å²) in [5.74, 6) is 0.837. The number of nitrogens with zero attached hydrogens (tertiary/aromatic N) is 5. The first-order valence-electron chi connectivity index (χ1n) is 12.5. The van der Waals surface area contributed by atoms with Crippen molar-refractivity contribution in [3.8, 4) is 11.3 Å². The van der Waals surface area contributed by atoms with E-state index < -0.39 is 17.9 Å². The Morgan fingerprint density at radius 2 is 2.08 bits per heavy atom. The zero-order chi connectivity index (χ0) is 26.5. The Hall–Kier alpha value is -3.35. The fraction of sp³-hybridized carbons (Fsp3) is 0.462. The molecular weight excluding hydrogens is 499 g/mol. The third-order valence-electron chi connectivity index (χ3n) is 7.50. The van der Waals surface area contributed by atoms with E-state index in [2.05, 4.69) is 30.7 Å². The fourth-order valence-electron chi connectivity index (χ4n) is 5.30. The summed E-state index contributed by atoms with van der Waals surface area (Å²) in [5.41, 5.74) is 1.70. The minimum Gasteiger partial charge on any atom is -0.380 e. The average Bonchev–Trinajstić information content (AvgIpc) is 3.62. The topological polar surface area (TPSA) is 103 Å². The van der Waals surface area contributed by atoms with Crippen LogP contribution in [-0.4, -0.2) is 62.4 Å². The number of ether oxygens (including phenoxy) is 2. The van der Waals surface area contributed by atoms with Crippen molar-refractivity contribution in [3.05, 3.63) is 59.4 Å². The largest absolute Gasteiger partial charge is 0.433 e. The highest BCUT2D eigenvalue weighted by Crippen LogP contribution is 2.39. The highest BCUT2D eigenvalue weighted by atomic mass is 19.4. The molecule has 0 spiro atoms. The molecule has 3 aromatic heterocycles. The lowest BCUT2D eigenvalue weighted by molar-refractivity contribution is -0.141. The summed E-state index contributed by atoms with van der Waals surface area (Å²) >= 11 is 0. The molecule has 2 N–H and O–H groups in total. The quantitative estimate of drug-likeness (QED) is 0.378.